The lowest BCUT2D eigenvalue weighted by molar-refractivity contribution is 0.0680. The summed E-state index contributed by atoms with van der Waals surface area (Å²) in [5.74, 6) is 0.0312. The fourth-order valence-electron chi connectivity index (χ4n) is 2.36. The van der Waals surface area contributed by atoms with Gasteiger partial charge in [0.25, 0.3) is 5.91 Å². The minimum Gasteiger partial charge on any atom is -0.383 e. The van der Waals surface area contributed by atoms with Crippen LogP contribution in [-0.4, -0.2) is 44.7 Å². The smallest absolute Gasteiger partial charge is 0.311 e. The fourth-order valence-corrected chi connectivity index (χ4v) is 3.15. The van der Waals surface area contributed by atoms with E-state index < -0.39 is 15.4 Å². The third-order valence-electron chi connectivity index (χ3n) is 4.04. The second kappa shape index (κ2) is 9.91. The predicted octanol–water partition coefficient (Wildman–Crippen LogP) is 3.75. The first-order valence-electron chi connectivity index (χ1n) is 8.79. The molecule has 0 aliphatic heterocycles. The molecule has 2 aromatic carbocycles. The molecule has 0 unspecified atom stereocenters. The average Bonchev–Trinajstić information content (AvgIpc) is 2.66. The highest BCUT2D eigenvalue weighted by Gasteiger charge is 2.20. The van der Waals surface area contributed by atoms with Gasteiger partial charge in [-0.2, -0.15) is 8.42 Å². The van der Waals surface area contributed by atoms with Crippen LogP contribution in [0.4, 0.5) is 0 Å². The van der Waals surface area contributed by atoms with Gasteiger partial charge in [-0.25, -0.2) is 0 Å². The van der Waals surface area contributed by atoms with Gasteiger partial charge in [-0.3, -0.25) is 4.79 Å². The van der Waals surface area contributed by atoms with Gasteiger partial charge in [0.2, 0.25) is 0 Å². The molecule has 28 heavy (non-hydrogen) atoms. The van der Waals surface area contributed by atoms with Crippen LogP contribution in [0.3, 0.4) is 0 Å². The highest BCUT2D eigenvalue weighted by molar-refractivity contribution is 7.87. The maximum absolute atomic E-state index is 12.9. The van der Waals surface area contributed by atoms with Crippen molar-refractivity contribution >= 4 is 27.6 Å². The van der Waals surface area contributed by atoms with Crippen molar-refractivity contribution in [3.63, 3.8) is 0 Å². The molecule has 0 saturated carbocycles. The molecule has 0 aliphatic carbocycles. The predicted molar refractivity (Wildman–Crippen MR) is 109 cm³/mol. The van der Waals surface area contributed by atoms with Crippen molar-refractivity contribution in [3.05, 3.63) is 64.7 Å². The number of benzene rings is 2. The van der Waals surface area contributed by atoms with Crippen LogP contribution in [0.25, 0.3) is 0 Å². The van der Waals surface area contributed by atoms with E-state index >= 15 is 0 Å². The van der Waals surface area contributed by atoms with Crippen LogP contribution in [-0.2, 0) is 21.4 Å². The van der Waals surface area contributed by atoms with E-state index in [0.29, 0.717) is 30.3 Å². The zero-order chi connectivity index (χ0) is 20.7. The highest BCUT2D eigenvalue weighted by atomic mass is 35.5. The first-order valence-corrected chi connectivity index (χ1v) is 10.6. The van der Waals surface area contributed by atoms with E-state index in [0.717, 1.165) is 5.56 Å². The molecule has 0 saturated heterocycles. The zero-order valence-electron chi connectivity index (χ0n) is 16.1. The van der Waals surface area contributed by atoms with Crippen molar-refractivity contribution < 1.29 is 22.1 Å². The molecular weight excluding hydrogens is 402 g/mol. The number of ether oxygens (including phenoxy) is 1. The van der Waals surface area contributed by atoms with Crippen LogP contribution in [0.1, 0.15) is 29.8 Å². The van der Waals surface area contributed by atoms with Gasteiger partial charge >= 0.3 is 10.1 Å². The molecular formula is C20H24ClNO5S. The van der Waals surface area contributed by atoms with Gasteiger partial charge in [0, 0.05) is 20.2 Å². The second-order valence-corrected chi connectivity index (χ2v) is 8.97. The quantitative estimate of drug-likeness (QED) is 0.572. The van der Waals surface area contributed by atoms with E-state index in [-0.39, 0.29) is 11.7 Å². The summed E-state index contributed by atoms with van der Waals surface area (Å²) in [4.78, 5) is 14.5. The molecule has 0 spiro atoms. The third-order valence-corrected chi connectivity index (χ3v) is 5.95. The first-order chi connectivity index (χ1) is 13.2. The third kappa shape index (κ3) is 5.95. The Hall–Kier alpha value is -2.09. The van der Waals surface area contributed by atoms with Crippen molar-refractivity contribution in [2.45, 2.75) is 25.6 Å². The van der Waals surface area contributed by atoms with Gasteiger partial charge in [0.05, 0.1) is 22.4 Å². The minimum absolute atomic E-state index is 0.203. The Balaban J connectivity index is 2.16. The molecule has 1 amide bonds. The van der Waals surface area contributed by atoms with Crippen LogP contribution in [0.2, 0.25) is 5.02 Å². The lowest BCUT2D eigenvalue weighted by Crippen LogP contribution is -2.33. The summed E-state index contributed by atoms with van der Waals surface area (Å²) in [7, 11) is -2.08. The van der Waals surface area contributed by atoms with Gasteiger partial charge in [0.1, 0.15) is 5.75 Å². The summed E-state index contributed by atoms with van der Waals surface area (Å²) in [6, 6.07) is 13.5. The summed E-state index contributed by atoms with van der Waals surface area (Å²) in [6.07, 6.45) is 0. The number of amides is 1. The number of carbonyl (C=O) groups excluding carboxylic acids is 1. The van der Waals surface area contributed by atoms with Crippen molar-refractivity contribution in [2.75, 3.05) is 20.3 Å². The van der Waals surface area contributed by atoms with Crippen molar-refractivity contribution in [1.82, 2.24) is 4.90 Å². The number of hydrogen-bond donors (Lipinski definition) is 0. The number of halogens is 1. The first kappa shape index (κ1) is 22.2. The van der Waals surface area contributed by atoms with E-state index in [1.165, 1.54) is 0 Å². The molecule has 0 bridgehead atoms. The normalized spacial score (nSPS) is 11.5. The van der Waals surface area contributed by atoms with Gasteiger partial charge in [-0.05, 0) is 43.7 Å². The van der Waals surface area contributed by atoms with E-state index in [1.807, 2.05) is 0 Å². The SMILES string of the molecule is COCCN(Cc1ccc(OS(=O)(=O)C(C)C)cc1)C(=O)c1ccccc1Cl. The number of nitrogens with zero attached hydrogens (tertiary/aromatic N) is 1. The lowest BCUT2D eigenvalue weighted by atomic mass is 10.1. The summed E-state index contributed by atoms with van der Waals surface area (Å²) in [5.41, 5.74) is 1.24. The number of rotatable bonds is 9. The van der Waals surface area contributed by atoms with E-state index in [4.69, 9.17) is 20.5 Å². The van der Waals surface area contributed by atoms with Crippen LogP contribution >= 0.6 is 11.6 Å². The molecule has 8 heteroatoms. The Morgan fingerprint density at radius 3 is 2.32 bits per heavy atom. The molecule has 2 rings (SSSR count). The Kier molecular flexibility index (Phi) is 7.86. The molecule has 152 valence electrons. The standard InChI is InChI=1S/C20H24ClNO5S/c1-15(2)28(24,25)27-17-10-8-16(9-11-17)14-22(12-13-26-3)20(23)18-6-4-5-7-19(18)21/h4-11,15H,12-14H2,1-3H3. The number of hydrogen-bond acceptors (Lipinski definition) is 5. The molecule has 0 fully saturated rings. The van der Waals surface area contributed by atoms with Crippen molar-refractivity contribution in [1.29, 1.82) is 0 Å². The molecule has 0 atom stereocenters. The van der Waals surface area contributed by atoms with Crippen molar-refractivity contribution in [2.24, 2.45) is 0 Å². The number of carbonyl (C=O) groups is 1. The minimum atomic E-state index is -3.65. The average molecular weight is 426 g/mol. The Bertz CT molecular complexity index is 897. The Labute approximate surface area is 171 Å². The molecule has 6 nitrogen and oxygen atoms in total. The molecule has 0 aromatic heterocycles. The van der Waals surface area contributed by atoms with Crippen molar-refractivity contribution in [3.8, 4) is 5.75 Å². The Morgan fingerprint density at radius 2 is 1.75 bits per heavy atom. The van der Waals surface area contributed by atoms with Gasteiger partial charge in [0.15, 0.2) is 0 Å². The van der Waals surface area contributed by atoms with Gasteiger partial charge in [-0.1, -0.05) is 35.9 Å². The van der Waals surface area contributed by atoms with Gasteiger partial charge in [-0.15, -0.1) is 0 Å². The monoisotopic (exact) mass is 425 g/mol. The van der Waals surface area contributed by atoms with E-state index in [9.17, 15) is 13.2 Å². The molecule has 0 N–H and O–H groups in total. The van der Waals surface area contributed by atoms with Crippen LogP contribution in [0, 0.1) is 0 Å². The summed E-state index contributed by atoms with van der Waals surface area (Å²) in [6.45, 7) is 4.20. The number of methoxy groups -OCH3 is 1. The maximum atomic E-state index is 12.9. The molecule has 0 heterocycles. The second-order valence-electron chi connectivity index (χ2n) is 6.47. The van der Waals surface area contributed by atoms with Crippen LogP contribution in [0.15, 0.2) is 48.5 Å². The van der Waals surface area contributed by atoms with E-state index in [2.05, 4.69) is 0 Å². The topological polar surface area (TPSA) is 72.9 Å². The summed E-state index contributed by atoms with van der Waals surface area (Å²) < 4.78 is 33.9. The maximum Gasteiger partial charge on any atom is 0.311 e. The van der Waals surface area contributed by atoms with E-state index in [1.54, 1.807) is 74.4 Å². The van der Waals surface area contributed by atoms with Gasteiger partial charge < -0.3 is 13.8 Å². The largest absolute Gasteiger partial charge is 0.383 e. The van der Waals surface area contributed by atoms with Crippen LogP contribution < -0.4 is 4.18 Å². The fraction of sp³-hybridized carbons (Fsp3) is 0.350. The zero-order valence-corrected chi connectivity index (χ0v) is 17.7. The lowest BCUT2D eigenvalue weighted by Gasteiger charge is -2.23. The molecule has 0 radical (unpaired) electrons. The highest BCUT2D eigenvalue weighted by Crippen LogP contribution is 2.20. The van der Waals surface area contributed by atoms with Crippen LogP contribution in [0.5, 0.6) is 5.75 Å². The Morgan fingerprint density at radius 1 is 1.11 bits per heavy atom. The summed E-state index contributed by atoms with van der Waals surface area (Å²) in [5, 5.41) is -0.248. The summed E-state index contributed by atoms with van der Waals surface area (Å²) >= 11 is 6.16. The molecule has 0 aliphatic rings. The molecule has 2 aromatic rings.